The molecule has 0 atom stereocenters. The molecule has 2 nitrogen and oxygen atoms in total. The van der Waals surface area contributed by atoms with Gasteiger partial charge in [0.1, 0.15) is 0 Å². The molecule has 0 bridgehead atoms. The topological polar surface area (TPSA) is 41.8 Å². The first-order valence-corrected chi connectivity index (χ1v) is 9.84. The zero-order chi connectivity index (χ0) is 19.8. The van der Waals surface area contributed by atoms with E-state index in [2.05, 4.69) is 20.9 Å². The van der Waals surface area contributed by atoms with E-state index in [9.17, 15) is 13.2 Å². The maximum absolute atomic E-state index is 13.6. The molecule has 0 saturated carbocycles. The van der Waals surface area contributed by atoms with Crippen molar-refractivity contribution in [3.63, 3.8) is 0 Å². The second-order valence-electron chi connectivity index (χ2n) is 6.22. The molecule has 1 aromatic heterocycles. The molecule has 0 saturated heterocycles. The first-order valence-electron chi connectivity index (χ1n) is 8.29. The number of rotatable bonds is 5. The lowest BCUT2D eigenvalue weighted by Gasteiger charge is -2.09. The highest BCUT2D eigenvalue weighted by atomic mass is 79.9. The number of H-pyrrole nitrogens is 1. The molecule has 0 aliphatic carbocycles. The Balaban J connectivity index is 2.31. The molecule has 0 spiro atoms. The van der Waals surface area contributed by atoms with E-state index in [-0.39, 0.29) is 10.5 Å². The van der Waals surface area contributed by atoms with Crippen LogP contribution in [0.5, 0.6) is 0 Å². The highest BCUT2D eigenvalue weighted by molar-refractivity contribution is 9.10. The van der Waals surface area contributed by atoms with Crippen molar-refractivity contribution in [3.8, 4) is 11.3 Å². The van der Waals surface area contributed by atoms with E-state index in [1.54, 1.807) is 24.3 Å². The summed E-state index contributed by atoms with van der Waals surface area (Å²) < 4.78 is 41.5. The molecule has 8 heteroatoms. The fourth-order valence-corrected chi connectivity index (χ4v) is 3.95. The number of aromatic nitrogens is 1. The Morgan fingerprint density at radius 2 is 1.81 bits per heavy atom. The number of hydrogen-bond donors (Lipinski definition) is 2. The highest BCUT2D eigenvalue weighted by Crippen LogP contribution is 2.42. The van der Waals surface area contributed by atoms with Gasteiger partial charge < -0.3 is 10.7 Å². The second-order valence-corrected chi connectivity index (χ2v) is 7.98. The van der Waals surface area contributed by atoms with Crippen LogP contribution in [0.3, 0.4) is 0 Å². The third-order valence-corrected chi connectivity index (χ3v) is 5.41. The minimum Gasteiger partial charge on any atom is -0.354 e. The van der Waals surface area contributed by atoms with Crippen molar-refractivity contribution < 1.29 is 13.2 Å². The molecule has 1 heterocycles. The SMILES string of the molecule is NCCCCc1c(-c2cc(Br)ccc2Cl)[nH]c2c(C(F)(F)F)cc(Cl)cc12. The van der Waals surface area contributed by atoms with E-state index in [4.69, 9.17) is 28.9 Å². The van der Waals surface area contributed by atoms with Gasteiger partial charge in [-0.1, -0.05) is 39.1 Å². The van der Waals surface area contributed by atoms with Crippen molar-refractivity contribution in [2.45, 2.75) is 25.4 Å². The van der Waals surface area contributed by atoms with Gasteiger partial charge in [-0.2, -0.15) is 13.2 Å². The zero-order valence-electron chi connectivity index (χ0n) is 14.1. The van der Waals surface area contributed by atoms with Gasteiger partial charge in [0, 0.05) is 25.5 Å². The van der Waals surface area contributed by atoms with Gasteiger partial charge >= 0.3 is 6.18 Å². The first kappa shape index (κ1) is 20.5. The van der Waals surface area contributed by atoms with E-state index < -0.39 is 11.7 Å². The van der Waals surface area contributed by atoms with Crippen LogP contribution in [-0.2, 0) is 12.6 Å². The normalized spacial score (nSPS) is 12.1. The Hall–Kier alpha value is -1.21. The van der Waals surface area contributed by atoms with E-state index in [0.717, 1.165) is 28.9 Å². The Morgan fingerprint density at radius 1 is 1.07 bits per heavy atom. The van der Waals surface area contributed by atoms with Gasteiger partial charge in [-0.05, 0) is 61.7 Å². The van der Waals surface area contributed by atoms with Gasteiger partial charge in [0.05, 0.1) is 16.8 Å². The van der Waals surface area contributed by atoms with Crippen molar-refractivity contribution in [2.75, 3.05) is 6.54 Å². The van der Waals surface area contributed by atoms with Crippen LogP contribution in [0.4, 0.5) is 13.2 Å². The van der Waals surface area contributed by atoms with Crippen LogP contribution < -0.4 is 5.73 Å². The van der Waals surface area contributed by atoms with E-state index >= 15 is 0 Å². The number of unbranched alkanes of at least 4 members (excludes halogenated alkanes) is 1. The van der Waals surface area contributed by atoms with E-state index in [1.807, 2.05) is 0 Å². The van der Waals surface area contributed by atoms with Crippen LogP contribution in [0.15, 0.2) is 34.8 Å². The lowest BCUT2D eigenvalue weighted by Crippen LogP contribution is -2.05. The average Bonchev–Trinajstić information content (AvgIpc) is 2.94. The fraction of sp³-hybridized carbons (Fsp3) is 0.263. The summed E-state index contributed by atoms with van der Waals surface area (Å²) in [4.78, 5) is 2.96. The highest BCUT2D eigenvalue weighted by Gasteiger charge is 2.34. The van der Waals surface area contributed by atoms with Crippen LogP contribution in [0.25, 0.3) is 22.2 Å². The predicted octanol–water partition coefficient (Wildman–Crippen LogP) is 7.20. The molecule has 0 aliphatic rings. The van der Waals surface area contributed by atoms with Gasteiger partial charge in [0.15, 0.2) is 0 Å². The molecule has 3 N–H and O–H groups in total. The third-order valence-electron chi connectivity index (χ3n) is 4.36. The summed E-state index contributed by atoms with van der Waals surface area (Å²) in [5.41, 5.74) is 6.76. The number of nitrogens with one attached hydrogen (secondary N) is 1. The van der Waals surface area contributed by atoms with Crippen molar-refractivity contribution in [1.82, 2.24) is 4.98 Å². The van der Waals surface area contributed by atoms with Crippen molar-refractivity contribution in [1.29, 1.82) is 0 Å². The molecule has 0 fully saturated rings. The van der Waals surface area contributed by atoms with Crippen LogP contribution in [-0.4, -0.2) is 11.5 Å². The van der Waals surface area contributed by atoms with Crippen molar-refractivity contribution in [2.24, 2.45) is 5.73 Å². The minimum absolute atomic E-state index is 0.0145. The summed E-state index contributed by atoms with van der Waals surface area (Å²) in [6, 6.07) is 7.77. The molecule has 0 unspecified atom stereocenters. The number of aryl methyl sites for hydroxylation is 1. The molecule has 0 aliphatic heterocycles. The van der Waals surface area contributed by atoms with Crippen molar-refractivity contribution >= 4 is 50.0 Å². The first-order chi connectivity index (χ1) is 12.7. The molecule has 3 aromatic rings. The molecule has 144 valence electrons. The minimum atomic E-state index is -4.53. The smallest absolute Gasteiger partial charge is 0.354 e. The maximum atomic E-state index is 13.6. The second kappa shape index (κ2) is 8.03. The number of nitrogens with two attached hydrogens (primary N) is 1. The monoisotopic (exact) mass is 478 g/mol. The fourth-order valence-electron chi connectivity index (χ4n) is 3.16. The Morgan fingerprint density at radius 3 is 2.48 bits per heavy atom. The standard InChI is InChI=1S/C19H16BrCl2F3N2/c20-10-4-5-16(22)14(7-10)17-12(3-1-2-6-26)13-8-11(21)9-15(18(13)27-17)19(23,24)25/h4-5,7-9,27H,1-3,6,26H2. The molecule has 2 aromatic carbocycles. The van der Waals surface area contributed by atoms with Gasteiger partial charge in [-0.3, -0.25) is 0 Å². The number of aromatic amines is 1. The van der Waals surface area contributed by atoms with Gasteiger partial charge in [-0.25, -0.2) is 0 Å². The number of alkyl halides is 3. The number of fused-ring (bicyclic) bond motifs is 1. The summed E-state index contributed by atoms with van der Waals surface area (Å²) in [6.07, 6.45) is -2.45. The van der Waals surface area contributed by atoms with Gasteiger partial charge in [0.2, 0.25) is 0 Å². The summed E-state index contributed by atoms with van der Waals surface area (Å²) >= 11 is 15.7. The average molecular weight is 480 g/mol. The molecular formula is C19H16BrCl2F3N2. The molecular weight excluding hydrogens is 464 g/mol. The van der Waals surface area contributed by atoms with Crippen LogP contribution in [0.1, 0.15) is 24.0 Å². The Kier molecular flexibility index (Phi) is 6.11. The van der Waals surface area contributed by atoms with Crippen LogP contribution in [0.2, 0.25) is 10.0 Å². The number of hydrogen-bond acceptors (Lipinski definition) is 1. The van der Waals surface area contributed by atoms with Crippen molar-refractivity contribution in [3.05, 3.63) is 56.0 Å². The summed E-state index contributed by atoms with van der Waals surface area (Å²) in [7, 11) is 0. The quantitative estimate of drug-likeness (QED) is 0.373. The molecule has 0 radical (unpaired) electrons. The summed E-state index contributed by atoms with van der Waals surface area (Å²) in [6.45, 7) is 0.518. The zero-order valence-corrected chi connectivity index (χ0v) is 17.2. The Bertz CT molecular complexity index is 983. The Labute approximate surface area is 173 Å². The number of benzene rings is 2. The largest absolute Gasteiger partial charge is 0.418 e. The predicted molar refractivity (Wildman–Crippen MR) is 108 cm³/mol. The van der Waals surface area contributed by atoms with Crippen LogP contribution >= 0.6 is 39.1 Å². The number of halogens is 6. The third kappa shape index (κ3) is 4.29. The summed E-state index contributed by atoms with van der Waals surface area (Å²) in [5, 5.41) is 0.947. The lowest BCUT2D eigenvalue weighted by molar-refractivity contribution is -0.136. The maximum Gasteiger partial charge on any atom is 0.418 e. The van der Waals surface area contributed by atoms with Crippen LogP contribution in [0, 0.1) is 0 Å². The molecule has 3 rings (SSSR count). The molecule has 0 amide bonds. The van der Waals surface area contributed by atoms with Gasteiger partial charge in [-0.15, -0.1) is 0 Å². The lowest BCUT2D eigenvalue weighted by atomic mass is 9.99. The van der Waals surface area contributed by atoms with Gasteiger partial charge in [0.25, 0.3) is 0 Å². The molecule has 27 heavy (non-hydrogen) atoms. The van der Waals surface area contributed by atoms with E-state index in [0.29, 0.717) is 34.6 Å². The van der Waals surface area contributed by atoms with E-state index in [1.165, 1.54) is 0 Å². The summed E-state index contributed by atoms with van der Waals surface area (Å²) in [5.74, 6) is 0.